The number of ether oxygens (including phenoxy) is 1. The first-order valence-electron chi connectivity index (χ1n) is 9.62. The van der Waals surface area contributed by atoms with Gasteiger partial charge < -0.3 is 14.7 Å². The highest BCUT2D eigenvalue weighted by Crippen LogP contribution is 2.38. The Balaban J connectivity index is 1.84. The summed E-state index contributed by atoms with van der Waals surface area (Å²) in [6, 6.07) is 0.0186. The van der Waals surface area contributed by atoms with E-state index in [1.807, 2.05) is 0 Å². The summed E-state index contributed by atoms with van der Waals surface area (Å²) in [6.45, 7) is 0.00426. The van der Waals surface area contributed by atoms with Crippen LogP contribution in [-0.4, -0.2) is 69.8 Å². The second-order valence-electron chi connectivity index (χ2n) is 7.72. The van der Waals surface area contributed by atoms with Gasteiger partial charge in [0.2, 0.25) is 0 Å². The highest BCUT2D eigenvalue weighted by molar-refractivity contribution is 9.10. The van der Waals surface area contributed by atoms with Gasteiger partial charge in [0.05, 0.1) is 16.6 Å². The van der Waals surface area contributed by atoms with Crippen molar-refractivity contribution >= 4 is 44.5 Å². The summed E-state index contributed by atoms with van der Waals surface area (Å²) in [7, 11) is 0. The lowest BCUT2D eigenvalue weighted by molar-refractivity contribution is -0.154. The number of aromatic nitrogens is 2. The summed E-state index contributed by atoms with van der Waals surface area (Å²) >= 11 is 3.01. The molecule has 2 aliphatic rings. The topological polar surface area (TPSA) is 95.9 Å². The number of hydrogen-bond acceptors (Lipinski definition) is 6. The molecule has 2 fully saturated rings. The molecule has 2 saturated heterocycles. The molecule has 1 amide bonds. The van der Waals surface area contributed by atoms with Gasteiger partial charge in [0.25, 0.3) is 0 Å². The summed E-state index contributed by atoms with van der Waals surface area (Å²) in [6.07, 6.45) is -4.46. The molecule has 2 aliphatic heterocycles. The Hall–Kier alpha value is -2.70. The van der Waals surface area contributed by atoms with Gasteiger partial charge in [-0.15, -0.1) is 0 Å². The van der Waals surface area contributed by atoms with Gasteiger partial charge in [0.1, 0.15) is 11.3 Å². The zero-order valence-corrected chi connectivity index (χ0v) is 18.2. The lowest BCUT2D eigenvalue weighted by atomic mass is 10.1. The van der Waals surface area contributed by atoms with Crippen LogP contribution in [0.4, 0.5) is 28.2 Å². The van der Waals surface area contributed by atoms with E-state index in [-0.39, 0.29) is 51.9 Å². The summed E-state index contributed by atoms with van der Waals surface area (Å²) < 4.78 is 57.6. The molecular weight excluding hydrogens is 504 g/mol. The number of fused-ring (bicyclic) bond motifs is 3. The number of halogens is 5. The number of benzene rings is 1. The minimum atomic E-state index is -4.65. The highest BCUT2D eigenvalue weighted by atomic mass is 79.9. The van der Waals surface area contributed by atoms with Crippen LogP contribution in [0.25, 0.3) is 10.9 Å². The summed E-state index contributed by atoms with van der Waals surface area (Å²) in [5.74, 6) is -1.28. The number of anilines is 1. The summed E-state index contributed by atoms with van der Waals surface area (Å²) in [5, 5.41) is 9.59. The van der Waals surface area contributed by atoms with Gasteiger partial charge >= 0.3 is 18.3 Å². The maximum atomic E-state index is 15.1. The van der Waals surface area contributed by atoms with Gasteiger partial charge in [0.15, 0.2) is 18.2 Å². The Morgan fingerprint density at radius 3 is 2.41 bits per heavy atom. The van der Waals surface area contributed by atoms with E-state index in [2.05, 4.69) is 30.6 Å². The van der Waals surface area contributed by atoms with E-state index in [1.165, 1.54) is 17.9 Å². The zero-order valence-electron chi connectivity index (χ0n) is 16.6. The molecule has 1 aromatic heterocycles. The van der Waals surface area contributed by atoms with Gasteiger partial charge in [0, 0.05) is 24.0 Å². The molecule has 8 nitrogen and oxygen atoms in total. The van der Waals surface area contributed by atoms with Crippen LogP contribution in [-0.2, 0) is 0 Å². The number of amides is 1. The normalized spacial score (nSPS) is 20.7. The van der Waals surface area contributed by atoms with E-state index in [4.69, 9.17) is 0 Å². The molecule has 2 aromatic rings. The number of Topliss-reactive ketones (excluding diaryl/α,β-unsaturated/α-hetero) is 1. The Morgan fingerprint density at radius 2 is 1.88 bits per heavy atom. The quantitative estimate of drug-likeness (QED) is 0.480. The molecule has 2 atom stereocenters. The smallest absolute Gasteiger partial charge is 0.422 e. The maximum Gasteiger partial charge on any atom is 0.422 e. The SMILES string of the molecule is CC(=O)c1cc2c(N3C[C@H]4CC[C@@H](C3)N4C(=O)O)nc(OCC(F)(F)F)nc2c(F)c1Br. The van der Waals surface area contributed by atoms with Crippen molar-refractivity contribution < 1.29 is 37.0 Å². The first-order chi connectivity index (χ1) is 15.0. The fourth-order valence-electron chi connectivity index (χ4n) is 4.26. The summed E-state index contributed by atoms with van der Waals surface area (Å²) in [4.78, 5) is 34.5. The van der Waals surface area contributed by atoms with E-state index >= 15 is 4.39 Å². The van der Waals surface area contributed by atoms with Crippen molar-refractivity contribution in [2.75, 3.05) is 24.6 Å². The monoisotopic (exact) mass is 520 g/mol. The molecular formula is C19H17BrF4N4O4. The Kier molecular flexibility index (Phi) is 5.63. The van der Waals surface area contributed by atoms with E-state index in [1.54, 1.807) is 4.90 Å². The number of carboxylic acid groups (broad SMARTS) is 1. The van der Waals surface area contributed by atoms with Crippen molar-refractivity contribution in [3.8, 4) is 6.01 Å². The fourth-order valence-corrected chi connectivity index (χ4v) is 4.85. The molecule has 0 aliphatic carbocycles. The number of piperazine rings is 1. The van der Waals surface area contributed by atoms with Crippen molar-refractivity contribution in [2.24, 2.45) is 0 Å². The number of ketones is 1. The predicted octanol–water partition coefficient (Wildman–Crippen LogP) is 4.01. The molecule has 2 bridgehead atoms. The highest BCUT2D eigenvalue weighted by Gasteiger charge is 2.43. The van der Waals surface area contributed by atoms with Crippen LogP contribution < -0.4 is 9.64 Å². The van der Waals surface area contributed by atoms with Crippen molar-refractivity contribution in [3.05, 3.63) is 21.9 Å². The zero-order chi connectivity index (χ0) is 23.4. The number of rotatable bonds is 4. The van der Waals surface area contributed by atoms with Crippen molar-refractivity contribution in [1.29, 1.82) is 0 Å². The summed E-state index contributed by atoms with van der Waals surface area (Å²) in [5.41, 5.74) is -0.284. The van der Waals surface area contributed by atoms with Crippen LogP contribution in [0.3, 0.4) is 0 Å². The minimum Gasteiger partial charge on any atom is -0.465 e. The first kappa shape index (κ1) is 22.5. The van der Waals surface area contributed by atoms with Gasteiger partial charge in [-0.2, -0.15) is 23.1 Å². The first-order valence-corrected chi connectivity index (χ1v) is 10.4. The molecule has 0 saturated carbocycles. The van der Waals surface area contributed by atoms with E-state index in [0.717, 1.165) is 0 Å². The van der Waals surface area contributed by atoms with Crippen LogP contribution >= 0.6 is 15.9 Å². The largest absolute Gasteiger partial charge is 0.465 e. The number of nitrogens with zero attached hydrogens (tertiary/aromatic N) is 4. The van der Waals surface area contributed by atoms with Crippen LogP contribution in [0.5, 0.6) is 6.01 Å². The van der Waals surface area contributed by atoms with Gasteiger partial charge in [-0.1, -0.05) is 0 Å². The third kappa shape index (κ3) is 4.05. The maximum absolute atomic E-state index is 15.1. The second-order valence-corrected chi connectivity index (χ2v) is 8.51. The lowest BCUT2D eigenvalue weighted by Crippen LogP contribution is -2.55. The van der Waals surface area contributed by atoms with Gasteiger partial charge in [-0.3, -0.25) is 9.69 Å². The van der Waals surface area contributed by atoms with Crippen LogP contribution in [0.1, 0.15) is 30.1 Å². The molecule has 172 valence electrons. The lowest BCUT2D eigenvalue weighted by Gasteiger charge is -2.40. The molecule has 0 radical (unpaired) electrons. The molecule has 13 heteroatoms. The average molecular weight is 521 g/mol. The van der Waals surface area contributed by atoms with E-state index in [0.29, 0.717) is 12.8 Å². The molecule has 4 rings (SSSR count). The number of alkyl halides is 3. The number of hydrogen-bond donors (Lipinski definition) is 1. The molecule has 1 aromatic carbocycles. The van der Waals surface area contributed by atoms with E-state index < -0.39 is 36.5 Å². The van der Waals surface area contributed by atoms with Crippen molar-refractivity contribution in [2.45, 2.75) is 38.0 Å². The standard InChI is InChI=1S/C19H17BrF4N4O4/c1-8(29)11-4-12-15(14(21)13(11)20)25-17(32-7-19(22,23)24)26-16(12)27-5-9-2-3-10(6-27)28(9)18(30)31/h4,9-10H,2-3,5-7H2,1H3,(H,30,31)/t9-,10+. The Morgan fingerprint density at radius 1 is 1.25 bits per heavy atom. The van der Waals surface area contributed by atoms with Gasteiger partial charge in [-0.05, 0) is 41.8 Å². The van der Waals surface area contributed by atoms with Crippen LogP contribution in [0.2, 0.25) is 0 Å². The Bertz CT molecular complexity index is 1100. The molecule has 0 spiro atoms. The van der Waals surface area contributed by atoms with Gasteiger partial charge in [-0.25, -0.2) is 9.18 Å². The fraction of sp³-hybridized carbons (Fsp3) is 0.474. The number of carbonyl (C=O) groups is 2. The Labute approximate surface area is 187 Å². The molecule has 0 unspecified atom stereocenters. The molecule has 32 heavy (non-hydrogen) atoms. The third-order valence-corrected chi connectivity index (χ3v) is 6.35. The van der Waals surface area contributed by atoms with Crippen molar-refractivity contribution in [1.82, 2.24) is 14.9 Å². The van der Waals surface area contributed by atoms with E-state index in [9.17, 15) is 27.9 Å². The minimum absolute atomic E-state index is 0.0240. The average Bonchev–Trinajstić information content (AvgIpc) is 2.98. The van der Waals surface area contributed by atoms with Crippen LogP contribution in [0, 0.1) is 5.82 Å². The number of carbonyl (C=O) groups excluding carboxylic acids is 1. The second kappa shape index (κ2) is 8.01. The predicted molar refractivity (Wildman–Crippen MR) is 108 cm³/mol. The molecule has 3 heterocycles. The molecule has 1 N–H and O–H groups in total. The van der Waals surface area contributed by atoms with Crippen molar-refractivity contribution in [3.63, 3.8) is 0 Å². The van der Waals surface area contributed by atoms with Crippen LogP contribution in [0.15, 0.2) is 10.5 Å². The third-order valence-electron chi connectivity index (χ3n) is 5.58.